The lowest BCUT2D eigenvalue weighted by molar-refractivity contribution is -0.126. The lowest BCUT2D eigenvalue weighted by atomic mass is 9.91. The van der Waals surface area contributed by atoms with Crippen LogP contribution in [0.1, 0.15) is 75.3 Å². The standard InChI is InChI=1S/C33H45N9O3/c1-21-12-13-22(31(43)37-23-8-4-3-5-9-23)20-42(21)29-18-26(40-33(34-2)41-29)27-19-36-30(38-27)32(44)39-25-10-6-7-11-28(25)45-24-14-16-35-17-15-24/h6-7,10-11,18-19,21-24,35H,3-5,8-9,12-17,20H2,1-2H3,(H,36,38)(H,37,43)(H,39,44)(H,34,40,41). The molecule has 4 heterocycles. The van der Waals surface area contributed by atoms with Gasteiger partial charge in [0, 0.05) is 31.7 Å². The first-order chi connectivity index (χ1) is 22.0. The molecule has 12 heteroatoms. The molecular formula is C33H45N9O3. The molecule has 2 unspecified atom stereocenters. The highest BCUT2D eigenvalue weighted by molar-refractivity contribution is 6.02. The molecule has 45 heavy (non-hydrogen) atoms. The van der Waals surface area contributed by atoms with Crippen molar-refractivity contribution in [3.8, 4) is 17.1 Å². The highest BCUT2D eigenvalue weighted by Crippen LogP contribution is 2.31. The highest BCUT2D eigenvalue weighted by Gasteiger charge is 2.32. The number of hydrogen-bond acceptors (Lipinski definition) is 9. The van der Waals surface area contributed by atoms with Gasteiger partial charge in [-0.15, -0.1) is 0 Å². The van der Waals surface area contributed by atoms with Crippen molar-refractivity contribution in [1.29, 1.82) is 0 Å². The largest absolute Gasteiger partial charge is 0.488 e. The number of nitrogens with one attached hydrogen (secondary N) is 5. The number of H-pyrrole nitrogens is 1. The number of ether oxygens (including phenoxy) is 1. The second kappa shape index (κ2) is 14.3. The zero-order chi connectivity index (χ0) is 31.2. The lowest BCUT2D eigenvalue weighted by Gasteiger charge is -2.39. The van der Waals surface area contributed by atoms with Gasteiger partial charge < -0.3 is 35.9 Å². The number of anilines is 3. The van der Waals surface area contributed by atoms with E-state index in [1.54, 1.807) is 13.2 Å². The van der Waals surface area contributed by atoms with Crippen LogP contribution >= 0.6 is 0 Å². The van der Waals surface area contributed by atoms with E-state index in [4.69, 9.17) is 9.72 Å². The summed E-state index contributed by atoms with van der Waals surface area (Å²) in [5, 5.41) is 12.7. The van der Waals surface area contributed by atoms with E-state index in [2.05, 4.69) is 48.0 Å². The second-order valence-corrected chi connectivity index (χ2v) is 12.5. The van der Waals surface area contributed by atoms with Crippen LogP contribution in [0.3, 0.4) is 0 Å². The van der Waals surface area contributed by atoms with Crippen LogP contribution < -0.4 is 30.9 Å². The zero-order valence-corrected chi connectivity index (χ0v) is 26.3. The van der Waals surface area contributed by atoms with Gasteiger partial charge in [0.15, 0.2) is 5.82 Å². The minimum absolute atomic E-state index is 0.0938. The van der Waals surface area contributed by atoms with Crippen molar-refractivity contribution in [3.05, 3.63) is 42.4 Å². The Morgan fingerprint density at radius 1 is 1.00 bits per heavy atom. The molecule has 3 aromatic rings. The Hall–Kier alpha value is -4.19. The first-order valence-corrected chi connectivity index (χ1v) is 16.4. The Kier molecular flexibility index (Phi) is 9.78. The van der Waals surface area contributed by atoms with Crippen LogP contribution in [0, 0.1) is 5.92 Å². The monoisotopic (exact) mass is 615 g/mol. The molecule has 0 bridgehead atoms. The predicted molar refractivity (Wildman–Crippen MR) is 175 cm³/mol. The smallest absolute Gasteiger partial charge is 0.291 e. The number of nitrogens with zero attached hydrogens (tertiary/aromatic N) is 4. The maximum Gasteiger partial charge on any atom is 0.291 e. The van der Waals surface area contributed by atoms with Crippen LogP contribution in [-0.2, 0) is 4.79 Å². The normalized spacial score (nSPS) is 21.2. The summed E-state index contributed by atoms with van der Waals surface area (Å²) in [4.78, 5) is 45.6. The molecule has 6 rings (SSSR count). The van der Waals surface area contributed by atoms with Crippen molar-refractivity contribution < 1.29 is 14.3 Å². The van der Waals surface area contributed by atoms with E-state index in [0.717, 1.165) is 57.4 Å². The summed E-state index contributed by atoms with van der Waals surface area (Å²) in [5.74, 6) is 1.67. The van der Waals surface area contributed by atoms with E-state index in [9.17, 15) is 9.59 Å². The summed E-state index contributed by atoms with van der Waals surface area (Å²) in [7, 11) is 1.78. The topological polar surface area (TPSA) is 149 Å². The number of benzene rings is 1. The lowest BCUT2D eigenvalue weighted by Crippen LogP contribution is -2.49. The molecule has 240 valence electrons. The summed E-state index contributed by atoms with van der Waals surface area (Å²) >= 11 is 0. The summed E-state index contributed by atoms with van der Waals surface area (Å²) in [5.41, 5.74) is 1.80. The number of amides is 2. The summed E-state index contributed by atoms with van der Waals surface area (Å²) < 4.78 is 6.22. The molecule has 2 saturated heterocycles. The number of piperidine rings is 2. The number of carbonyl (C=O) groups is 2. The van der Waals surface area contributed by atoms with Crippen molar-refractivity contribution in [2.75, 3.05) is 42.2 Å². The van der Waals surface area contributed by atoms with Crippen molar-refractivity contribution >= 4 is 29.3 Å². The number of para-hydroxylation sites is 2. The molecule has 1 saturated carbocycles. The first kappa shape index (κ1) is 30.8. The summed E-state index contributed by atoms with van der Waals surface area (Å²) in [6.45, 7) is 4.60. The molecule has 3 fully saturated rings. The molecule has 1 aromatic carbocycles. The fraction of sp³-hybridized carbons (Fsp3) is 0.545. The Balaban J connectivity index is 1.16. The minimum atomic E-state index is -0.373. The number of aromatic nitrogens is 4. The van der Waals surface area contributed by atoms with Gasteiger partial charge >= 0.3 is 0 Å². The van der Waals surface area contributed by atoms with Crippen molar-refractivity contribution in [3.63, 3.8) is 0 Å². The SMILES string of the molecule is CNc1nc(-c2cnc(C(=O)Nc3ccccc3OC3CCNCC3)[nH]2)cc(N2CC(C(=O)NC3CCCCC3)CCC2C)n1. The molecule has 12 nitrogen and oxygen atoms in total. The average Bonchev–Trinajstić information content (AvgIpc) is 3.57. The summed E-state index contributed by atoms with van der Waals surface area (Å²) in [6, 6.07) is 9.88. The van der Waals surface area contributed by atoms with E-state index in [1.807, 2.05) is 30.3 Å². The van der Waals surface area contributed by atoms with Gasteiger partial charge in [0.1, 0.15) is 17.7 Å². The van der Waals surface area contributed by atoms with Gasteiger partial charge in [0.2, 0.25) is 11.9 Å². The molecule has 0 spiro atoms. The number of imidazole rings is 1. The molecule has 5 N–H and O–H groups in total. The number of aromatic amines is 1. The maximum atomic E-state index is 13.3. The molecule has 2 atom stereocenters. The van der Waals surface area contributed by atoms with Crippen molar-refractivity contribution in [1.82, 2.24) is 30.6 Å². The fourth-order valence-electron chi connectivity index (χ4n) is 6.55. The van der Waals surface area contributed by atoms with Gasteiger partial charge in [0.25, 0.3) is 5.91 Å². The third-order valence-corrected chi connectivity index (χ3v) is 9.22. The molecule has 2 aromatic heterocycles. The van der Waals surface area contributed by atoms with E-state index < -0.39 is 0 Å². The van der Waals surface area contributed by atoms with E-state index >= 15 is 0 Å². The van der Waals surface area contributed by atoms with Gasteiger partial charge in [-0.1, -0.05) is 31.4 Å². The average molecular weight is 616 g/mol. The highest BCUT2D eigenvalue weighted by atomic mass is 16.5. The molecule has 1 aliphatic carbocycles. The fourth-order valence-corrected chi connectivity index (χ4v) is 6.55. The van der Waals surface area contributed by atoms with Gasteiger partial charge in [-0.3, -0.25) is 9.59 Å². The first-order valence-electron chi connectivity index (χ1n) is 16.4. The van der Waals surface area contributed by atoms with Crippen LogP contribution in [0.2, 0.25) is 0 Å². The van der Waals surface area contributed by atoms with Crippen molar-refractivity contribution in [2.45, 2.75) is 82.9 Å². The Bertz CT molecular complexity index is 1470. The zero-order valence-electron chi connectivity index (χ0n) is 26.3. The summed E-state index contributed by atoms with van der Waals surface area (Å²) in [6.07, 6.45) is 11.1. The third kappa shape index (κ3) is 7.55. The van der Waals surface area contributed by atoms with Gasteiger partial charge in [-0.05, 0) is 70.7 Å². The van der Waals surface area contributed by atoms with Crippen LogP contribution in [-0.4, -0.2) is 76.6 Å². The Morgan fingerprint density at radius 2 is 1.80 bits per heavy atom. The van der Waals surface area contributed by atoms with E-state index in [0.29, 0.717) is 41.4 Å². The quantitative estimate of drug-likeness (QED) is 0.237. The van der Waals surface area contributed by atoms with Crippen LogP contribution in [0.5, 0.6) is 5.75 Å². The molecule has 0 radical (unpaired) electrons. The third-order valence-electron chi connectivity index (χ3n) is 9.22. The van der Waals surface area contributed by atoms with Gasteiger partial charge in [-0.25, -0.2) is 9.97 Å². The van der Waals surface area contributed by atoms with Gasteiger partial charge in [0.05, 0.1) is 29.2 Å². The van der Waals surface area contributed by atoms with Gasteiger partial charge in [-0.2, -0.15) is 4.98 Å². The van der Waals surface area contributed by atoms with E-state index in [1.165, 1.54) is 19.3 Å². The predicted octanol–water partition coefficient (Wildman–Crippen LogP) is 4.35. The Labute approximate surface area is 264 Å². The minimum Gasteiger partial charge on any atom is -0.488 e. The number of carbonyl (C=O) groups excluding carboxylic acids is 2. The van der Waals surface area contributed by atoms with E-state index in [-0.39, 0.29) is 35.7 Å². The van der Waals surface area contributed by atoms with Crippen LogP contribution in [0.4, 0.5) is 17.5 Å². The molecule has 3 aliphatic rings. The number of rotatable bonds is 9. The Morgan fingerprint density at radius 3 is 2.60 bits per heavy atom. The molecule has 2 amide bonds. The number of hydrogen-bond donors (Lipinski definition) is 5. The maximum absolute atomic E-state index is 13.3. The second-order valence-electron chi connectivity index (χ2n) is 12.5. The molecular weight excluding hydrogens is 570 g/mol. The van der Waals surface area contributed by atoms with Crippen molar-refractivity contribution in [2.24, 2.45) is 5.92 Å². The molecule has 2 aliphatic heterocycles. The van der Waals surface area contributed by atoms with Crippen LogP contribution in [0.15, 0.2) is 36.5 Å². The van der Waals surface area contributed by atoms with Crippen LogP contribution in [0.25, 0.3) is 11.4 Å².